The monoisotopic (exact) mass is 230 g/mol. The summed E-state index contributed by atoms with van der Waals surface area (Å²) in [6.45, 7) is 9.49. The van der Waals surface area contributed by atoms with Gasteiger partial charge in [0.25, 0.3) is 0 Å². The third-order valence-corrected chi connectivity index (χ3v) is 3.26. The number of rotatable bonds is 10. The Kier molecular flexibility index (Phi) is 7.01. The molecule has 0 bridgehead atoms. The fourth-order valence-corrected chi connectivity index (χ4v) is 1.80. The molecule has 0 spiro atoms. The van der Waals surface area contributed by atoms with Crippen molar-refractivity contribution in [1.82, 2.24) is 0 Å². The summed E-state index contributed by atoms with van der Waals surface area (Å²) in [5.41, 5.74) is 0.339. The van der Waals surface area contributed by atoms with E-state index in [1.807, 2.05) is 6.92 Å². The summed E-state index contributed by atoms with van der Waals surface area (Å²) < 4.78 is 16.3. The van der Waals surface area contributed by atoms with Crippen LogP contribution in [0.3, 0.4) is 0 Å². The summed E-state index contributed by atoms with van der Waals surface area (Å²) in [6, 6.07) is 0. The van der Waals surface area contributed by atoms with Gasteiger partial charge in [-0.3, -0.25) is 0 Å². The van der Waals surface area contributed by atoms with Gasteiger partial charge >= 0.3 is 0 Å². The highest BCUT2D eigenvalue weighted by Crippen LogP contribution is 2.31. The molecule has 0 amide bonds. The largest absolute Gasteiger partial charge is 0.382 e. The van der Waals surface area contributed by atoms with Crippen LogP contribution in [0.5, 0.6) is 0 Å². The number of hydrogen-bond donors (Lipinski definition) is 0. The molecule has 0 atom stereocenters. The maximum atomic E-state index is 5.72. The Morgan fingerprint density at radius 1 is 1.00 bits per heavy atom. The van der Waals surface area contributed by atoms with E-state index in [9.17, 15) is 0 Å². The van der Waals surface area contributed by atoms with Crippen LogP contribution >= 0.6 is 0 Å². The van der Waals surface area contributed by atoms with Crippen molar-refractivity contribution in [2.75, 3.05) is 39.6 Å². The van der Waals surface area contributed by atoms with Gasteiger partial charge in [-0.15, -0.1) is 0 Å². The molecule has 0 aliphatic carbocycles. The molecular weight excluding hydrogens is 204 g/mol. The smallest absolute Gasteiger partial charge is 0.0566 e. The van der Waals surface area contributed by atoms with Gasteiger partial charge in [-0.05, 0) is 32.6 Å². The van der Waals surface area contributed by atoms with Gasteiger partial charge in [-0.2, -0.15) is 0 Å². The van der Waals surface area contributed by atoms with Crippen LogP contribution < -0.4 is 0 Å². The van der Waals surface area contributed by atoms with Gasteiger partial charge in [0.2, 0.25) is 0 Å². The Bertz CT molecular complexity index is 161. The summed E-state index contributed by atoms with van der Waals surface area (Å²) >= 11 is 0. The molecule has 96 valence electrons. The third kappa shape index (κ3) is 4.81. The van der Waals surface area contributed by atoms with Crippen LogP contribution in [0.2, 0.25) is 0 Å². The van der Waals surface area contributed by atoms with Crippen LogP contribution in [0.25, 0.3) is 0 Å². The summed E-state index contributed by atoms with van der Waals surface area (Å²) in [5, 5.41) is 0. The lowest BCUT2D eigenvalue weighted by molar-refractivity contribution is -0.150. The van der Waals surface area contributed by atoms with Crippen LogP contribution in [0, 0.1) is 5.41 Å². The van der Waals surface area contributed by atoms with Crippen LogP contribution in [0.1, 0.15) is 39.5 Å². The lowest BCUT2D eigenvalue weighted by atomic mass is 9.84. The van der Waals surface area contributed by atoms with E-state index in [-0.39, 0.29) is 0 Å². The first-order chi connectivity index (χ1) is 7.83. The topological polar surface area (TPSA) is 27.7 Å². The molecule has 1 heterocycles. The van der Waals surface area contributed by atoms with Gasteiger partial charge in [-0.1, -0.05) is 6.92 Å². The maximum absolute atomic E-state index is 5.72. The number of hydrogen-bond acceptors (Lipinski definition) is 3. The standard InChI is InChI=1S/C13H26O3/c1-3-13(11-16-12-13)10-15-9-7-5-6-8-14-4-2/h3-12H2,1-2H3. The zero-order chi connectivity index (χ0) is 11.7. The van der Waals surface area contributed by atoms with Crippen molar-refractivity contribution < 1.29 is 14.2 Å². The highest BCUT2D eigenvalue weighted by Gasteiger charge is 2.36. The van der Waals surface area contributed by atoms with Crippen molar-refractivity contribution in [2.24, 2.45) is 5.41 Å². The predicted molar refractivity (Wildman–Crippen MR) is 64.7 cm³/mol. The molecule has 3 heteroatoms. The van der Waals surface area contributed by atoms with Crippen molar-refractivity contribution in [3.8, 4) is 0 Å². The van der Waals surface area contributed by atoms with Gasteiger partial charge in [0.1, 0.15) is 0 Å². The average Bonchev–Trinajstić information content (AvgIpc) is 2.25. The molecule has 1 fully saturated rings. The third-order valence-electron chi connectivity index (χ3n) is 3.26. The lowest BCUT2D eigenvalue weighted by Gasteiger charge is -2.40. The normalized spacial score (nSPS) is 18.4. The fourth-order valence-electron chi connectivity index (χ4n) is 1.80. The Labute approximate surface area is 99.5 Å². The molecule has 1 aliphatic heterocycles. The summed E-state index contributed by atoms with van der Waals surface area (Å²) in [6.07, 6.45) is 4.67. The highest BCUT2D eigenvalue weighted by atomic mass is 16.5. The van der Waals surface area contributed by atoms with Gasteiger partial charge < -0.3 is 14.2 Å². The molecular formula is C13H26O3. The summed E-state index contributed by atoms with van der Waals surface area (Å²) in [5.74, 6) is 0. The molecule has 0 saturated carbocycles. The van der Waals surface area contributed by atoms with Crippen molar-refractivity contribution in [2.45, 2.75) is 39.5 Å². The number of unbranched alkanes of at least 4 members (excludes halogenated alkanes) is 2. The van der Waals surface area contributed by atoms with E-state index in [2.05, 4.69) is 6.92 Å². The van der Waals surface area contributed by atoms with E-state index in [1.165, 1.54) is 6.42 Å². The molecule has 1 saturated heterocycles. The van der Waals surface area contributed by atoms with Crippen molar-refractivity contribution in [3.63, 3.8) is 0 Å². The highest BCUT2D eigenvalue weighted by molar-refractivity contribution is 4.83. The van der Waals surface area contributed by atoms with E-state index in [0.29, 0.717) is 5.41 Å². The first kappa shape index (κ1) is 13.9. The zero-order valence-electron chi connectivity index (χ0n) is 10.8. The SMILES string of the molecule is CCOCCCCCOCC1(CC)COC1. The molecule has 0 radical (unpaired) electrons. The van der Waals surface area contributed by atoms with Crippen molar-refractivity contribution >= 4 is 0 Å². The Morgan fingerprint density at radius 2 is 1.69 bits per heavy atom. The molecule has 16 heavy (non-hydrogen) atoms. The Balaban J connectivity index is 1.84. The minimum atomic E-state index is 0.339. The second kappa shape index (κ2) is 8.04. The fraction of sp³-hybridized carbons (Fsp3) is 1.00. The molecule has 0 aromatic heterocycles. The van der Waals surface area contributed by atoms with Gasteiger partial charge in [0.05, 0.1) is 19.8 Å². The Morgan fingerprint density at radius 3 is 2.19 bits per heavy atom. The minimum Gasteiger partial charge on any atom is -0.382 e. The van der Waals surface area contributed by atoms with E-state index in [1.54, 1.807) is 0 Å². The van der Waals surface area contributed by atoms with Crippen molar-refractivity contribution in [1.29, 1.82) is 0 Å². The molecule has 0 aromatic carbocycles. The molecule has 3 nitrogen and oxygen atoms in total. The molecule has 1 aliphatic rings. The average molecular weight is 230 g/mol. The summed E-state index contributed by atoms with van der Waals surface area (Å²) in [4.78, 5) is 0. The first-order valence-corrected chi connectivity index (χ1v) is 6.56. The Hall–Kier alpha value is -0.120. The molecule has 0 aromatic rings. The second-order valence-corrected chi connectivity index (χ2v) is 4.66. The molecule has 0 unspecified atom stereocenters. The predicted octanol–water partition coefficient (Wildman–Crippen LogP) is 2.64. The molecule has 1 rings (SSSR count). The summed E-state index contributed by atoms with van der Waals surface area (Å²) in [7, 11) is 0. The van der Waals surface area contributed by atoms with E-state index in [0.717, 1.165) is 58.9 Å². The van der Waals surface area contributed by atoms with Gasteiger partial charge in [-0.25, -0.2) is 0 Å². The zero-order valence-corrected chi connectivity index (χ0v) is 10.8. The van der Waals surface area contributed by atoms with Gasteiger partial charge in [0.15, 0.2) is 0 Å². The van der Waals surface area contributed by atoms with Gasteiger partial charge in [0, 0.05) is 25.2 Å². The number of ether oxygens (including phenoxy) is 3. The first-order valence-electron chi connectivity index (χ1n) is 6.56. The van der Waals surface area contributed by atoms with E-state index >= 15 is 0 Å². The van der Waals surface area contributed by atoms with Crippen LogP contribution in [0.4, 0.5) is 0 Å². The lowest BCUT2D eigenvalue weighted by Crippen LogP contribution is -2.45. The maximum Gasteiger partial charge on any atom is 0.0566 e. The molecule has 0 N–H and O–H groups in total. The van der Waals surface area contributed by atoms with Crippen molar-refractivity contribution in [3.05, 3.63) is 0 Å². The second-order valence-electron chi connectivity index (χ2n) is 4.66. The van der Waals surface area contributed by atoms with E-state index < -0.39 is 0 Å². The van der Waals surface area contributed by atoms with Crippen LogP contribution in [-0.2, 0) is 14.2 Å². The minimum absolute atomic E-state index is 0.339. The van der Waals surface area contributed by atoms with E-state index in [4.69, 9.17) is 14.2 Å². The van der Waals surface area contributed by atoms with Crippen LogP contribution in [-0.4, -0.2) is 39.6 Å². The van der Waals surface area contributed by atoms with Crippen LogP contribution in [0.15, 0.2) is 0 Å². The quantitative estimate of drug-likeness (QED) is 0.540.